The molecule has 1 aromatic rings. The van der Waals surface area contributed by atoms with Crippen molar-refractivity contribution in [3.8, 4) is 11.5 Å². The average molecular weight is 251 g/mol. The summed E-state index contributed by atoms with van der Waals surface area (Å²) in [6.07, 6.45) is 0. The van der Waals surface area contributed by atoms with E-state index in [1.165, 1.54) is 13.2 Å². The van der Waals surface area contributed by atoms with Crippen molar-refractivity contribution >= 4 is 19.7 Å². The minimum Gasteiger partial charge on any atom is -0.507 e. The zero-order valence-electron chi connectivity index (χ0n) is 8.32. The minimum atomic E-state index is -3.68. The van der Waals surface area contributed by atoms with Crippen LogP contribution in [0.2, 0.25) is 0 Å². The fourth-order valence-electron chi connectivity index (χ4n) is 1.23. The molecular formula is C9H11ClO4S. The predicted octanol–water partition coefficient (Wildman–Crippen LogP) is 1.78. The molecule has 4 nitrogen and oxygen atoms in total. The second-order valence-electron chi connectivity index (χ2n) is 3.14. The second-order valence-corrected chi connectivity index (χ2v) is 5.91. The Labute approximate surface area is 92.9 Å². The molecule has 1 N–H and O–H groups in total. The van der Waals surface area contributed by atoms with Crippen LogP contribution in [-0.2, 0) is 14.8 Å². The highest BCUT2D eigenvalue weighted by molar-refractivity contribution is 8.13. The fraction of sp³-hybridized carbons (Fsp3) is 0.333. The second kappa shape index (κ2) is 4.28. The molecule has 0 unspecified atom stereocenters. The maximum atomic E-state index is 10.9. The van der Waals surface area contributed by atoms with Crippen LogP contribution in [0.1, 0.15) is 11.1 Å². The Morgan fingerprint density at radius 1 is 1.47 bits per heavy atom. The monoisotopic (exact) mass is 250 g/mol. The van der Waals surface area contributed by atoms with Gasteiger partial charge < -0.3 is 9.84 Å². The number of aryl methyl sites for hydroxylation is 1. The van der Waals surface area contributed by atoms with Gasteiger partial charge in [0, 0.05) is 16.2 Å². The van der Waals surface area contributed by atoms with Gasteiger partial charge in [-0.1, -0.05) is 0 Å². The van der Waals surface area contributed by atoms with Crippen LogP contribution in [0, 0.1) is 6.92 Å². The summed E-state index contributed by atoms with van der Waals surface area (Å²) < 4.78 is 26.7. The van der Waals surface area contributed by atoms with Crippen LogP contribution in [-0.4, -0.2) is 20.6 Å². The molecule has 0 saturated heterocycles. The molecule has 0 atom stereocenters. The third kappa shape index (κ3) is 3.28. The van der Waals surface area contributed by atoms with Gasteiger partial charge in [0.25, 0.3) is 0 Å². The highest BCUT2D eigenvalue weighted by Gasteiger charge is 2.14. The zero-order valence-corrected chi connectivity index (χ0v) is 9.89. The quantitative estimate of drug-likeness (QED) is 0.831. The first-order chi connectivity index (χ1) is 6.83. The molecular weight excluding hydrogens is 240 g/mol. The van der Waals surface area contributed by atoms with Gasteiger partial charge in [-0.2, -0.15) is 0 Å². The van der Waals surface area contributed by atoms with E-state index in [0.717, 1.165) is 0 Å². The number of hydrogen-bond donors (Lipinski definition) is 1. The van der Waals surface area contributed by atoms with E-state index in [1.807, 2.05) is 0 Å². The highest BCUT2D eigenvalue weighted by Crippen LogP contribution is 2.29. The molecule has 1 rings (SSSR count). The number of halogens is 1. The van der Waals surface area contributed by atoms with Crippen molar-refractivity contribution in [2.75, 3.05) is 7.11 Å². The normalized spacial score (nSPS) is 11.4. The Balaban J connectivity index is 3.22. The molecule has 0 bridgehead atoms. The van der Waals surface area contributed by atoms with Gasteiger partial charge in [0.2, 0.25) is 9.05 Å². The van der Waals surface area contributed by atoms with Crippen LogP contribution >= 0.6 is 10.7 Å². The van der Waals surface area contributed by atoms with Gasteiger partial charge >= 0.3 is 0 Å². The van der Waals surface area contributed by atoms with Crippen LogP contribution in [0.15, 0.2) is 12.1 Å². The highest BCUT2D eigenvalue weighted by atomic mass is 35.7. The third-order valence-electron chi connectivity index (χ3n) is 1.92. The number of phenolic OH excluding ortho intramolecular Hbond substituents is 1. The predicted molar refractivity (Wildman–Crippen MR) is 57.9 cm³/mol. The molecule has 6 heteroatoms. The third-order valence-corrected chi connectivity index (χ3v) is 2.90. The molecule has 1 aromatic carbocycles. The van der Waals surface area contributed by atoms with E-state index >= 15 is 0 Å². The number of rotatable bonds is 3. The van der Waals surface area contributed by atoms with Crippen LogP contribution in [0.25, 0.3) is 0 Å². The Hall–Kier alpha value is -0.940. The lowest BCUT2D eigenvalue weighted by Crippen LogP contribution is -1.97. The first-order valence-corrected chi connectivity index (χ1v) is 6.60. The minimum absolute atomic E-state index is 0.0694. The lowest BCUT2D eigenvalue weighted by atomic mass is 10.1. The maximum absolute atomic E-state index is 10.9. The van der Waals surface area contributed by atoms with Gasteiger partial charge in [0.1, 0.15) is 11.5 Å². The molecule has 84 valence electrons. The van der Waals surface area contributed by atoms with Crippen molar-refractivity contribution in [3.05, 3.63) is 23.3 Å². The van der Waals surface area contributed by atoms with Gasteiger partial charge in [-0.15, -0.1) is 0 Å². The summed E-state index contributed by atoms with van der Waals surface area (Å²) >= 11 is 0. The Morgan fingerprint density at radius 3 is 2.53 bits per heavy atom. The first-order valence-electron chi connectivity index (χ1n) is 4.12. The molecule has 0 aliphatic carbocycles. The van der Waals surface area contributed by atoms with Crippen LogP contribution in [0.3, 0.4) is 0 Å². The molecule has 0 aliphatic heterocycles. The molecule has 0 fully saturated rings. The van der Waals surface area contributed by atoms with Gasteiger partial charge in [-0.25, -0.2) is 8.42 Å². The van der Waals surface area contributed by atoms with Crippen molar-refractivity contribution in [2.45, 2.75) is 12.7 Å². The summed E-state index contributed by atoms with van der Waals surface area (Å²) in [5.74, 6) is -0.000965. The molecule has 0 saturated carbocycles. The molecule has 0 aliphatic rings. The molecule has 0 heterocycles. The van der Waals surface area contributed by atoms with Crippen LogP contribution in [0.5, 0.6) is 11.5 Å². The van der Waals surface area contributed by atoms with Gasteiger partial charge in [-0.05, 0) is 24.6 Å². The Kier molecular flexibility index (Phi) is 3.46. The van der Waals surface area contributed by atoms with E-state index in [2.05, 4.69) is 0 Å². The van der Waals surface area contributed by atoms with Crippen molar-refractivity contribution < 1.29 is 18.3 Å². The summed E-state index contributed by atoms with van der Waals surface area (Å²) in [4.78, 5) is 0. The topological polar surface area (TPSA) is 63.6 Å². The summed E-state index contributed by atoms with van der Waals surface area (Å²) in [5.41, 5.74) is 0.784. The van der Waals surface area contributed by atoms with Crippen molar-refractivity contribution in [1.82, 2.24) is 0 Å². The fourth-order valence-corrected chi connectivity index (χ4v) is 2.17. The molecule has 0 amide bonds. The molecule has 0 radical (unpaired) electrons. The van der Waals surface area contributed by atoms with Crippen LogP contribution < -0.4 is 4.74 Å². The Bertz CT molecular complexity index is 467. The molecule has 15 heavy (non-hydrogen) atoms. The number of methoxy groups -OCH3 is 1. The van der Waals surface area contributed by atoms with Crippen molar-refractivity contribution in [2.24, 2.45) is 0 Å². The number of benzene rings is 1. The van der Waals surface area contributed by atoms with E-state index in [0.29, 0.717) is 11.3 Å². The van der Waals surface area contributed by atoms with Crippen molar-refractivity contribution in [3.63, 3.8) is 0 Å². The first kappa shape index (κ1) is 12.1. The van der Waals surface area contributed by atoms with Gasteiger partial charge in [0.05, 0.1) is 12.9 Å². The molecule has 0 aromatic heterocycles. The number of ether oxygens (including phenoxy) is 1. The summed E-state index contributed by atoms with van der Waals surface area (Å²) in [5, 5.41) is 9.60. The molecule has 0 spiro atoms. The van der Waals surface area contributed by atoms with E-state index in [4.69, 9.17) is 15.4 Å². The lowest BCUT2D eigenvalue weighted by Gasteiger charge is -2.08. The van der Waals surface area contributed by atoms with Gasteiger partial charge in [-0.3, -0.25) is 0 Å². The van der Waals surface area contributed by atoms with E-state index in [1.54, 1.807) is 13.0 Å². The zero-order chi connectivity index (χ0) is 11.6. The summed E-state index contributed by atoms with van der Waals surface area (Å²) in [7, 11) is 2.89. The average Bonchev–Trinajstić information content (AvgIpc) is 2.10. The van der Waals surface area contributed by atoms with Gasteiger partial charge in [0.15, 0.2) is 0 Å². The van der Waals surface area contributed by atoms with E-state index in [-0.39, 0.29) is 11.3 Å². The summed E-state index contributed by atoms with van der Waals surface area (Å²) in [6.45, 7) is 1.65. The van der Waals surface area contributed by atoms with Crippen molar-refractivity contribution in [1.29, 1.82) is 0 Å². The SMILES string of the molecule is COc1cc(C)c(O)c(CS(=O)(=O)Cl)c1. The van der Waals surface area contributed by atoms with E-state index in [9.17, 15) is 13.5 Å². The summed E-state index contributed by atoms with van der Waals surface area (Å²) in [6, 6.07) is 3.06. The number of phenols is 1. The maximum Gasteiger partial charge on any atom is 0.236 e. The lowest BCUT2D eigenvalue weighted by molar-refractivity contribution is 0.410. The Morgan fingerprint density at radius 2 is 2.07 bits per heavy atom. The number of hydrogen-bond acceptors (Lipinski definition) is 4. The standard InChI is InChI=1S/C9H11ClO4S/c1-6-3-8(14-2)4-7(9(6)11)5-15(10,12)13/h3-4,11H,5H2,1-2H3. The smallest absolute Gasteiger partial charge is 0.236 e. The number of aromatic hydroxyl groups is 1. The van der Waals surface area contributed by atoms with Crippen LogP contribution in [0.4, 0.5) is 0 Å². The van der Waals surface area contributed by atoms with E-state index < -0.39 is 14.8 Å². The largest absolute Gasteiger partial charge is 0.507 e.